The van der Waals surface area contributed by atoms with Gasteiger partial charge in [-0.25, -0.2) is 0 Å². The van der Waals surface area contributed by atoms with E-state index in [1.807, 2.05) is 6.07 Å². The fraction of sp³-hybridized carbons (Fsp3) is 0.471. The number of aliphatic hydroxyl groups excluding tert-OH is 1. The lowest BCUT2D eigenvalue weighted by Crippen LogP contribution is -2.56. The van der Waals surface area contributed by atoms with E-state index >= 15 is 0 Å². The predicted octanol–water partition coefficient (Wildman–Crippen LogP) is 7.13. The maximum absolute atomic E-state index is 10.5. The molecule has 4 saturated carbocycles. The van der Waals surface area contributed by atoms with E-state index in [1.165, 1.54) is 60.8 Å². The normalized spacial score (nSPS) is 30.8. The Morgan fingerprint density at radius 1 is 0.811 bits per heavy atom. The summed E-state index contributed by atoms with van der Waals surface area (Å²) in [7, 11) is 0. The van der Waals surface area contributed by atoms with Crippen LogP contribution in [0.25, 0.3) is 11.1 Å². The highest BCUT2D eigenvalue weighted by Gasteiger charge is 2.60. The molecular weight excluding hydrogens is 454 g/mol. The summed E-state index contributed by atoms with van der Waals surface area (Å²) >= 11 is 0. The van der Waals surface area contributed by atoms with E-state index in [2.05, 4.69) is 92.0 Å². The summed E-state index contributed by atoms with van der Waals surface area (Å²) in [5.74, 6) is 1.74. The molecule has 4 aliphatic carbocycles. The van der Waals surface area contributed by atoms with Gasteiger partial charge in [0.1, 0.15) is 18.5 Å². The molecule has 7 rings (SSSR count). The van der Waals surface area contributed by atoms with Crippen molar-refractivity contribution in [3.63, 3.8) is 0 Å². The van der Waals surface area contributed by atoms with Crippen LogP contribution >= 0.6 is 0 Å². The van der Waals surface area contributed by atoms with Crippen molar-refractivity contribution in [1.29, 1.82) is 0 Å². The van der Waals surface area contributed by atoms with E-state index in [0.717, 1.165) is 18.2 Å². The van der Waals surface area contributed by atoms with Gasteiger partial charge in [0.2, 0.25) is 0 Å². The second kappa shape index (κ2) is 9.60. The molecule has 2 N–H and O–H groups in total. The molecule has 0 aliphatic heterocycles. The first-order valence-corrected chi connectivity index (χ1v) is 14.1. The van der Waals surface area contributed by atoms with Gasteiger partial charge in [-0.15, -0.1) is 0 Å². The van der Waals surface area contributed by atoms with Gasteiger partial charge in [0.25, 0.3) is 0 Å². The maximum Gasteiger partial charge on any atom is 0.119 e. The van der Waals surface area contributed by atoms with E-state index < -0.39 is 6.10 Å². The number of hydrogen-bond donors (Lipinski definition) is 2. The molecule has 4 bridgehead atoms. The molecule has 37 heavy (non-hydrogen) atoms. The van der Waals surface area contributed by atoms with Crippen molar-refractivity contribution in [2.75, 3.05) is 13.2 Å². The van der Waals surface area contributed by atoms with Crippen LogP contribution in [-0.2, 0) is 12.0 Å². The summed E-state index contributed by atoms with van der Waals surface area (Å²) in [5, 5.41) is 13.8. The van der Waals surface area contributed by atoms with E-state index in [4.69, 9.17) is 4.74 Å². The quantitative estimate of drug-likeness (QED) is 0.332. The Morgan fingerprint density at radius 3 is 2.11 bits per heavy atom. The highest BCUT2D eigenvalue weighted by Crippen LogP contribution is 2.69. The smallest absolute Gasteiger partial charge is 0.119 e. The van der Waals surface area contributed by atoms with Crippen LogP contribution in [0.5, 0.6) is 5.75 Å². The monoisotopic (exact) mass is 495 g/mol. The van der Waals surface area contributed by atoms with Gasteiger partial charge in [-0.05, 0) is 95.1 Å². The fourth-order valence-electron chi connectivity index (χ4n) is 8.75. The van der Waals surface area contributed by atoms with Crippen molar-refractivity contribution in [1.82, 2.24) is 5.32 Å². The second-order valence-electron chi connectivity index (χ2n) is 13.1. The molecule has 4 aliphatic rings. The SMILES string of the molecule is C[C@]12CC3CC(c4ccc(OCC(O)CNCc5ccc(-c6ccccc6)cc5)cc4)(C1)C[C@@](C)(C3)C2. The topological polar surface area (TPSA) is 41.5 Å². The van der Waals surface area contributed by atoms with E-state index in [1.54, 1.807) is 0 Å². The summed E-state index contributed by atoms with van der Waals surface area (Å²) in [5.41, 5.74) is 6.54. The van der Waals surface area contributed by atoms with Gasteiger partial charge in [0.15, 0.2) is 0 Å². The molecule has 0 aromatic heterocycles. The minimum absolute atomic E-state index is 0.294. The Kier molecular flexibility index (Phi) is 6.41. The number of hydrogen-bond acceptors (Lipinski definition) is 3. The van der Waals surface area contributed by atoms with Crippen LogP contribution in [0, 0.1) is 16.7 Å². The van der Waals surface area contributed by atoms with Crippen molar-refractivity contribution in [2.24, 2.45) is 16.7 Å². The van der Waals surface area contributed by atoms with Gasteiger partial charge in [-0.1, -0.05) is 80.6 Å². The van der Waals surface area contributed by atoms with Gasteiger partial charge < -0.3 is 15.2 Å². The van der Waals surface area contributed by atoms with E-state index in [0.29, 0.717) is 29.4 Å². The number of ether oxygens (including phenoxy) is 1. The first kappa shape index (κ1) is 24.7. The van der Waals surface area contributed by atoms with Crippen molar-refractivity contribution in [2.45, 2.75) is 70.4 Å². The Bertz CT molecular complexity index is 1180. The van der Waals surface area contributed by atoms with Crippen molar-refractivity contribution >= 4 is 0 Å². The Morgan fingerprint density at radius 2 is 1.46 bits per heavy atom. The molecule has 3 aromatic rings. The van der Waals surface area contributed by atoms with Crippen LogP contribution in [0.1, 0.15) is 63.5 Å². The fourth-order valence-corrected chi connectivity index (χ4v) is 8.75. The van der Waals surface area contributed by atoms with Crippen molar-refractivity contribution < 1.29 is 9.84 Å². The third kappa shape index (κ3) is 5.22. The van der Waals surface area contributed by atoms with Gasteiger partial charge in [0.05, 0.1) is 0 Å². The molecule has 5 atom stereocenters. The molecule has 3 unspecified atom stereocenters. The number of aliphatic hydroxyl groups is 1. The number of nitrogens with one attached hydrogen (secondary N) is 1. The number of benzene rings is 3. The van der Waals surface area contributed by atoms with Crippen LogP contribution in [0.3, 0.4) is 0 Å². The first-order chi connectivity index (χ1) is 17.8. The summed E-state index contributed by atoms with van der Waals surface area (Å²) in [4.78, 5) is 0. The molecule has 3 aromatic carbocycles. The lowest BCUT2D eigenvalue weighted by molar-refractivity contribution is -0.110. The van der Waals surface area contributed by atoms with Crippen LogP contribution in [0.15, 0.2) is 78.9 Å². The van der Waals surface area contributed by atoms with Crippen LogP contribution in [-0.4, -0.2) is 24.4 Å². The standard InChI is InChI=1S/C34H41NO2/c1-32-16-26-17-33(2,22-32)24-34(18-26,23-32)29-12-14-31(15-13-29)37-21-30(36)20-35-19-25-8-10-28(11-9-25)27-6-4-3-5-7-27/h3-15,26,30,35-36H,16-24H2,1-2H3/t26?,30?,32-,33+,34?. The Labute approximate surface area is 222 Å². The lowest BCUT2D eigenvalue weighted by atomic mass is 9.39. The third-order valence-corrected chi connectivity index (χ3v) is 9.31. The second-order valence-corrected chi connectivity index (χ2v) is 13.1. The third-order valence-electron chi connectivity index (χ3n) is 9.31. The first-order valence-electron chi connectivity index (χ1n) is 14.1. The predicted molar refractivity (Wildman–Crippen MR) is 151 cm³/mol. The molecule has 0 saturated heterocycles. The zero-order valence-corrected chi connectivity index (χ0v) is 22.4. The van der Waals surface area contributed by atoms with E-state index in [9.17, 15) is 5.11 Å². The zero-order chi connectivity index (χ0) is 25.5. The van der Waals surface area contributed by atoms with Crippen LogP contribution < -0.4 is 10.1 Å². The van der Waals surface area contributed by atoms with E-state index in [-0.39, 0.29) is 0 Å². The summed E-state index contributed by atoms with van der Waals surface area (Å²) < 4.78 is 5.96. The molecular formula is C34H41NO2. The molecule has 194 valence electrons. The maximum atomic E-state index is 10.5. The average Bonchev–Trinajstić information content (AvgIpc) is 2.87. The summed E-state index contributed by atoms with van der Waals surface area (Å²) in [6.45, 7) is 6.60. The molecule has 0 spiro atoms. The number of rotatable bonds is 9. The molecule has 4 fully saturated rings. The van der Waals surface area contributed by atoms with Gasteiger partial charge in [0, 0.05) is 13.1 Å². The zero-order valence-electron chi connectivity index (χ0n) is 22.4. The minimum atomic E-state index is -0.550. The molecule has 0 heterocycles. The molecule has 3 nitrogen and oxygen atoms in total. The Hall–Kier alpha value is -2.62. The molecule has 0 radical (unpaired) electrons. The van der Waals surface area contributed by atoms with Gasteiger partial charge in [-0.3, -0.25) is 0 Å². The summed E-state index contributed by atoms with van der Waals surface area (Å²) in [6.07, 6.45) is 7.75. The Balaban J connectivity index is 0.981. The minimum Gasteiger partial charge on any atom is -0.491 e. The molecule has 3 heteroatoms. The van der Waals surface area contributed by atoms with Crippen molar-refractivity contribution in [3.8, 4) is 16.9 Å². The average molecular weight is 496 g/mol. The summed E-state index contributed by atoms with van der Waals surface area (Å²) in [6, 6.07) is 27.8. The van der Waals surface area contributed by atoms with Crippen LogP contribution in [0.2, 0.25) is 0 Å². The highest BCUT2D eigenvalue weighted by atomic mass is 16.5. The van der Waals surface area contributed by atoms with Gasteiger partial charge in [-0.2, -0.15) is 0 Å². The van der Waals surface area contributed by atoms with Gasteiger partial charge >= 0.3 is 0 Å². The lowest BCUT2D eigenvalue weighted by Gasteiger charge is -2.65. The largest absolute Gasteiger partial charge is 0.491 e. The molecule has 0 amide bonds. The van der Waals surface area contributed by atoms with Crippen LogP contribution in [0.4, 0.5) is 0 Å². The highest BCUT2D eigenvalue weighted by molar-refractivity contribution is 5.63. The van der Waals surface area contributed by atoms with Crippen molar-refractivity contribution in [3.05, 3.63) is 90.0 Å².